The number of nitrogens with one attached hydrogen (secondary N) is 2. The summed E-state index contributed by atoms with van der Waals surface area (Å²) in [7, 11) is 1.63. The lowest BCUT2D eigenvalue weighted by molar-refractivity contribution is 0.174. The van der Waals surface area contributed by atoms with E-state index in [-0.39, 0.29) is 12.8 Å². The molecule has 0 radical (unpaired) electrons. The fourth-order valence-electron chi connectivity index (χ4n) is 2.37. The van der Waals surface area contributed by atoms with Crippen LogP contribution >= 0.6 is 12.2 Å². The van der Waals surface area contributed by atoms with Crippen LogP contribution in [0.25, 0.3) is 0 Å². The van der Waals surface area contributed by atoms with Gasteiger partial charge in [-0.1, -0.05) is 18.2 Å². The maximum absolute atomic E-state index is 5.41. The van der Waals surface area contributed by atoms with E-state index < -0.39 is 0 Å². The number of ether oxygens (including phenoxy) is 3. The molecular weight excluding hydrogens is 312 g/mol. The predicted molar refractivity (Wildman–Crippen MR) is 93.3 cm³/mol. The van der Waals surface area contributed by atoms with Crippen LogP contribution in [0.5, 0.6) is 17.2 Å². The topological polar surface area (TPSA) is 51.8 Å². The van der Waals surface area contributed by atoms with Crippen molar-refractivity contribution in [2.24, 2.45) is 0 Å². The molecule has 1 aliphatic heterocycles. The van der Waals surface area contributed by atoms with Crippen LogP contribution in [0.1, 0.15) is 18.5 Å². The van der Waals surface area contributed by atoms with Crippen LogP contribution in [0.4, 0.5) is 5.69 Å². The van der Waals surface area contributed by atoms with Gasteiger partial charge in [0.25, 0.3) is 0 Å². The van der Waals surface area contributed by atoms with Gasteiger partial charge in [0.2, 0.25) is 6.79 Å². The van der Waals surface area contributed by atoms with Gasteiger partial charge in [0.15, 0.2) is 16.6 Å². The number of methoxy groups -OCH3 is 1. The van der Waals surface area contributed by atoms with Gasteiger partial charge in [-0.05, 0) is 49.0 Å². The summed E-state index contributed by atoms with van der Waals surface area (Å²) in [5, 5.41) is 6.94. The summed E-state index contributed by atoms with van der Waals surface area (Å²) >= 11 is 5.39. The van der Waals surface area contributed by atoms with Crippen LogP contribution in [0.3, 0.4) is 0 Å². The Morgan fingerprint density at radius 1 is 1.17 bits per heavy atom. The van der Waals surface area contributed by atoms with Gasteiger partial charge in [-0.25, -0.2) is 0 Å². The Hall–Kier alpha value is -2.47. The molecule has 1 atom stereocenters. The first-order chi connectivity index (χ1) is 11.2. The first-order valence-corrected chi connectivity index (χ1v) is 7.68. The van der Waals surface area contributed by atoms with Crippen molar-refractivity contribution in [3.8, 4) is 17.2 Å². The molecule has 0 saturated carbocycles. The second-order valence-electron chi connectivity index (χ2n) is 5.13. The standard InChI is InChI=1S/C17H18N2O3S/c1-11(12-7-8-15-16(9-12)22-10-21-15)18-17(23)19-13-5-3-4-6-14(13)20-2/h3-9,11H,10H2,1-2H3,(H2,18,19,23). The van der Waals surface area contributed by atoms with Crippen LogP contribution in [0.15, 0.2) is 42.5 Å². The van der Waals surface area contributed by atoms with Crippen molar-refractivity contribution in [1.29, 1.82) is 0 Å². The zero-order chi connectivity index (χ0) is 16.2. The van der Waals surface area contributed by atoms with E-state index >= 15 is 0 Å². The summed E-state index contributed by atoms with van der Waals surface area (Å²) in [5.74, 6) is 2.28. The highest BCUT2D eigenvalue weighted by atomic mass is 32.1. The van der Waals surface area contributed by atoms with Crippen molar-refractivity contribution in [3.05, 3.63) is 48.0 Å². The van der Waals surface area contributed by atoms with Crippen LogP contribution < -0.4 is 24.8 Å². The van der Waals surface area contributed by atoms with Crippen LogP contribution in [0, 0.1) is 0 Å². The number of benzene rings is 2. The number of anilines is 1. The maximum Gasteiger partial charge on any atom is 0.231 e. The molecule has 1 aliphatic rings. The third kappa shape index (κ3) is 3.48. The number of hydrogen-bond acceptors (Lipinski definition) is 4. The van der Waals surface area contributed by atoms with Gasteiger partial charge in [-0.15, -0.1) is 0 Å². The Kier molecular flexibility index (Phi) is 4.52. The normalized spacial score (nSPS) is 13.3. The molecule has 120 valence electrons. The maximum atomic E-state index is 5.41. The lowest BCUT2D eigenvalue weighted by Gasteiger charge is -2.18. The molecule has 2 aromatic rings. The van der Waals surface area contributed by atoms with Crippen molar-refractivity contribution < 1.29 is 14.2 Å². The van der Waals surface area contributed by atoms with Crippen molar-refractivity contribution >= 4 is 23.0 Å². The number of para-hydroxylation sites is 2. The number of hydrogen-bond donors (Lipinski definition) is 2. The second-order valence-corrected chi connectivity index (χ2v) is 5.54. The molecule has 0 spiro atoms. The molecule has 0 fully saturated rings. The van der Waals surface area contributed by atoms with Crippen LogP contribution in [-0.2, 0) is 0 Å². The van der Waals surface area contributed by atoms with E-state index in [1.165, 1.54) is 0 Å². The van der Waals surface area contributed by atoms with Gasteiger partial charge in [0.05, 0.1) is 18.8 Å². The minimum absolute atomic E-state index is 0.0270. The minimum Gasteiger partial charge on any atom is -0.495 e. The van der Waals surface area contributed by atoms with E-state index in [4.69, 9.17) is 26.4 Å². The first kappa shape index (κ1) is 15.4. The summed E-state index contributed by atoms with van der Waals surface area (Å²) < 4.78 is 16.0. The van der Waals surface area contributed by atoms with Gasteiger partial charge in [0, 0.05) is 0 Å². The molecule has 1 heterocycles. The summed E-state index contributed by atoms with van der Waals surface area (Å²) in [6.45, 7) is 2.31. The van der Waals surface area contributed by atoms with Gasteiger partial charge in [-0.3, -0.25) is 0 Å². The van der Waals surface area contributed by atoms with Crippen molar-refractivity contribution in [1.82, 2.24) is 5.32 Å². The molecule has 0 aliphatic carbocycles. The third-order valence-electron chi connectivity index (χ3n) is 3.60. The fourth-order valence-corrected chi connectivity index (χ4v) is 2.66. The van der Waals surface area contributed by atoms with Gasteiger partial charge >= 0.3 is 0 Å². The fraction of sp³-hybridized carbons (Fsp3) is 0.235. The minimum atomic E-state index is 0.0270. The molecule has 5 nitrogen and oxygen atoms in total. The van der Waals surface area contributed by atoms with Crippen molar-refractivity contribution in [2.45, 2.75) is 13.0 Å². The molecular formula is C17H18N2O3S. The number of thiocarbonyl (C=S) groups is 1. The number of rotatable bonds is 4. The Morgan fingerprint density at radius 3 is 2.78 bits per heavy atom. The second kappa shape index (κ2) is 6.75. The van der Waals surface area contributed by atoms with Crippen molar-refractivity contribution in [2.75, 3.05) is 19.2 Å². The molecule has 0 amide bonds. The highest BCUT2D eigenvalue weighted by Crippen LogP contribution is 2.34. The Bertz CT molecular complexity index is 721. The molecule has 1 unspecified atom stereocenters. The van der Waals surface area contributed by atoms with Crippen LogP contribution in [-0.4, -0.2) is 19.0 Å². The molecule has 2 aromatic carbocycles. The first-order valence-electron chi connectivity index (χ1n) is 7.27. The molecule has 2 N–H and O–H groups in total. The zero-order valence-electron chi connectivity index (χ0n) is 13.0. The predicted octanol–water partition coefficient (Wildman–Crippen LogP) is 3.47. The molecule has 3 rings (SSSR count). The molecule has 23 heavy (non-hydrogen) atoms. The highest BCUT2D eigenvalue weighted by molar-refractivity contribution is 7.80. The lowest BCUT2D eigenvalue weighted by atomic mass is 10.1. The summed E-state index contributed by atoms with van der Waals surface area (Å²) in [6.07, 6.45) is 0. The van der Waals surface area contributed by atoms with E-state index in [1.54, 1.807) is 7.11 Å². The molecule has 0 saturated heterocycles. The van der Waals surface area contributed by atoms with E-state index in [1.807, 2.05) is 49.4 Å². The zero-order valence-corrected chi connectivity index (χ0v) is 13.8. The quantitative estimate of drug-likeness (QED) is 0.837. The average molecular weight is 330 g/mol. The van der Waals surface area contributed by atoms with E-state index in [2.05, 4.69) is 10.6 Å². The molecule has 6 heteroatoms. The Morgan fingerprint density at radius 2 is 1.96 bits per heavy atom. The van der Waals surface area contributed by atoms with E-state index in [0.717, 1.165) is 28.5 Å². The van der Waals surface area contributed by atoms with Gasteiger partial charge in [0.1, 0.15) is 5.75 Å². The van der Waals surface area contributed by atoms with Crippen LogP contribution in [0.2, 0.25) is 0 Å². The van der Waals surface area contributed by atoms with E-state index in [9.17, 15) is 0 Å². The number of fused-ring (bicyclic) bond motifs is 1. The molecule has 0 aromatic heterocycles. The monoisotopic (exact) mass is 330 g/mol. The summed E-state index contributed by atoms with van der Waals surface area (Å²) in [4.78, 5) is 0. The average Bonchev–Trinajstić information content (AvgIpc) is 3.02. The van der Waals surface area contributed by atoms with Gasteiger partial charge < -0.3 is 24.8 Å². The third-order valence-corrected chi connectivity index (χ3v) is 3.82. The van der Waals surface area contributed by atoms with E-state index in [0.29, 0.717) is 5.11 Å². The Balaban J connectivity index is 1.65. The smallest absolute Gasteiger partial charge is 0.231 e. The van der Waals surface area contributed by atoms with Gasteiger partial charge in [-0.2, -0.15) is 0 Å². The summed E-state index contributed by atoms with van der Waals surface area (Å²) in [5.41, 5.74) is 1.89. The molecule has 0 bridgehead atoms. The highest BCUT2D eigenvalue weighted by Gasteiger charge is 2.16. The Labute approximate surface area is 140 Å². The van der Waals surface area contributed by atoms with Crippen molar-refractivity contribution in [3.63, 3.8) is 0 Å². The summed E-state index contributed by atoms with van der Waals surface area (Å²) in [6, 6.07) is 13.5. The lowest BCUT2D eigenvalue weighted by Crippen LogP contribution is -2.31. The SMILES string of the molecule is COc1ccccc1NC(=S)NC(C)c1ccc2c(c1)OCO2. The largest absolute Gasteiger partial charge is 0.495 e.